The molecule has 1 aliphatic rings. The topological polar surface area (TPSA) is 99.3 Å². The van der Waals surface area contributed by atoms with Gasteiger partial charge in [-0.1, -0.05) is 25.0 Å². The number of amides is 1. The van der Waals surface area contributed by atoms with Crippen molar-refractivity contribution in [3.8, 4) is 0 Å². The van der Waals surface area contributed by atoms with Gasteiger partial charge in [-0.3, -0.25) is 14.4 Å². The van der Waals surface area contributed by atoms with E-state index in [1.54, 1.807) is 49.6 Å². The predicted molar refractivity (Wildman–Crippen MR) is 96.1 cm³/mol. The van der Waals surface area contributed by atoms with Crippen molar-refractivity contribution < 1.29 is 19.5 Å². The standard InChI is InChI=1S/C20H22N2O4/c1-20(10-3-2-4-16(20)19(25)26)22-18(24)14-7-5-13(6-8-14)17(23)15-9-11-21-12-15/h5-9,11-12,16,21H,2-4,10H2,1H3,(H,22,24)(H,25,26). The Morgan fingerprint density at radius 2 is 1.77 bits per heavy atom. The molecule has 1 amide bonds. The van der Waals surface area contributed by atoms with Gasteiger partial charge in [0.15, 0.2) is 5.78 Å². The molecule has 3 rings (SSSR count). The number of H-pyrrole nitrogens is 1. The average Bonchev–Trinajstić information content (AvgIpc) is 3.15. The summed E-state index contributed by atoms with van der Waals surface area (Å²) in [4.78, 5) is 39.3. The van der Waals surface area contributed by atoms with Crippen LogP contribution in [-0.4, -0.2) is 33.3 Å². The second kappa shape index (κ2) is 7.15. The maximum Gasteiger partial charge on any atom is 0.308 e. The number of carboxylic acids is 1. The van der Waals surface area contributed by atoms with Gasteiger partial charge in [-0.05, 0) is 38.0 Å². The van der Waals surface area contributed by atoms with Crippen LogP contribution in [0.4, 0.5) is 0 Å². The maximum absolute atomic E-state index is 12.6. The number of rotatable bonds is 5. The van der Waals surface area contributed by atoms with Gasteiger partial charge in [0.25, 0.3) is 5.91 Å². The number of ketones is 1. The Kier molecular flexibility index (Phi) is 4.93. The van der Waals surface area contributed by atoms with Crippen LogP contribution in [0.5, 0.6) is 0 Å². The van der Waals surface area contributed by atoms with Crippen molar-refractivity contribution in [2.24, 2.45) is 5.92 Å². The molecule has 6 nitrogen and oxygen atoms in total. The molecule has 2 aromatic rings. The highest BCUT2D eigenvalue weighted by atomic mass is 16.4. The fraction of sp³-hybridized carbons (Fsp3) is 0.350. The number of carbonyl (C=O) groups excluding carboxylic acids is 2. The summed E-state index contributed by atoms with van der Waals surface area (Å²) in [6.45, 7) is 1.80. The number of carboxylic acid groups (broad SMARTS) is 1. The first-order chi connectivity index (χ1) is 12.4. The van der Waals surface area contributed by atoms with Gasteiger partial charge in [0.05, 0.1) is 11.5 Å². The quantitative estimate of drug-likeness (QED) is 0.719. The lowest BCUT2D eigenvalue weighted by Gasteiger charge is -2.39. The van der Waals surface area contributed by atoms with E-state index in [2.05, 4.69) is 10.3 Å². The highest BCUT2D eigenvalue weighted by molar-refractivity contribution is 6.09. The van der Waals surface area contributed by atoms with Crippen LogP contribution in [0.25, 0.3) is 0 Å². The van der Waals surface area contributed by atoms with Gasteiger partial charge in [0, 0.05) is 29.1 Å². The number of nitrogens with one attached hydrogen (secondary N) is 2. The van der Waals surface area contributed by atoms with E-state index >= 15 is 0 Å². The van der Waals surface area contributed by atoms with Gasteiger partial charge < -0.3 is 15.4 Å². The summed E-state index contributed by atoms with van der Waals surface area (Å²) < 4.78 is 0. The number of benzene rings is 1. The summed E-state index contributed by atoms with van der Waals surface area (Å²) >= 11 is 0. The second-order valence-electron chi connectivity index (χ2n) is 7.01. The summed E-state index contributed by atoms with van der Waals surface area (Å²) in [5, 5.41) is 12.4. The lowest BCUT2D eigenvalue weighted by atomic mass is 9.73. The summed E-state index contributed by atoms with van der Waals surface area (Å²) in [7, 11) is 0. The van der Waals surface area contributed by atoms with Gasteiger partial charge in [0.2, 0.25) is 0 Å². The summed E-state index contributed by atoms with van der Waals surface area (Å²) in [5.41, 5.74) is 0.696. The number of aliphatic carboxylic acids is 1. The molecule has 1 aromatic heterocycles. The molecule has 3 N–H and O–H groups in total. The van der Waals surface area contributed by atoms with Crippen molar-refractivity contribution in [3.63, 3.8) is 0 Å². The molecule has 6 heteroatoms. The van der Waals surface area contributed by atoms with E-state index in [-0.39, 0.29) is 11.7 Å². The third-order valence-corrected chi connectivity index (χ3v) is 5.17. The zero-order valence-electron chi connectivity index (χ0n) is 14.6. The third kappa shape index (κ3) is 3.54. The van der Waals surface area contributed by atoms with E-state index in [0.29, 0.717) is 29.5 Å². The normalized spacial score (nSPS) is 22.6. The number of hydrogen-bond donors (Lipinski definition) is 3. The fourth-order valence-electron chi connectivity index (χ4n) is 3.62. The number of hydrogen-bond acceptors (Lipinski definition) is 3. The Morgan fingerprint density at radius 1 is 1.08 bits per heavy atom. The van der Waals surface area contributed by atoms with Crippen LogP contribution in [0.1, 0.15) is 58.9 Å². The molecule has 0 aliphatic heterocycles. The molecule has 1 aromatic carbocycles. The molecular weight excluding hydrogens is 332 g/mol. The zero-order chi connectivity index (χ0) is 18.7. The largest absolute Gasteiger partial charge is 0.481 e. The first-order valence-corrected chi connectivity index (χ1v) is 8.73. The first kappa shape index (κ1) is 17.9. The monoisotopic (exact) mass is 354 g/mol. The van der Waals surface area contributed by atoms with Crippen LogP contribution in [0, 0.1) is 5.92 Å². The van der Waals surface area contributed by atoms with Crippen molar-refractivity contribution in [1.29, 1.82) is 0 Å². The van der Waals surface area contributed by atoms with Crippen molar-refractivity contribution in [2.75, 3.05) is 0 Å². The van der Waals surface area contributed by atoms with Crippen molar-refractivity contribution >= 4 is 17.7 Å². The summed E-state index contributed by atoms with van der Waals surface area (Å²) in [6, 6.07) is 8.11. The van der Waals surface area contributed by atoms with Crippen LogP contribution < -0.4 is 5.32 Å². The van der Waals surface area contributed by atoms with E-state index < -0.39 is 17.4 Å². The molecular formula is C20H22N2O4. The van der Waals surface area contributed by atoms with Crippen LogP contribution in [0.2, 0.25) is 0 Å². The highest BCUT2D eigenvalue weighted by Crippen LogP contribution is 2.34. The van der Waals surface area contributed by atoms with Gasteiger partial charge in [-0.2, -0.15) is 0 Å². The Morgan fingerprint density at radius 3 is 2.38 bits per heavy atom. The molecule has 0 saturated heterocycles. The Bertz CT molecular complexity index is 811. The van der Waals surface area contributed by atoms with E-state index in [0.717, 1.165) is 12.8 Å². The van der Waals surface area contributed by atoms with Gasteiger partial charge in [-0.25, -0.2) is 0 Å². The van der Waals surface area contributed by atoms with Crippen LogP contribution >= 0.6 is 0 Å². The van der Waals surface area contributed by atoms with Gasteiger partial charge in [0.1, 0.15) is 0 Å². The van der Waals surface area contributed by atoms with Crippen LogP contribution in [-0.2, 0) is 4.79 Å². The second-order valence-corrected chi connectivity index (χ2v) is 7.01. The molecule has 0 radical (unpaired) electrons. The SMILES string of the molecule is CC1(NC(=O)c2ccc(C(=O)c3cc[nH]c3)cc2)CCCCC1C(=O)O. The fourth-order valence-corrected chi connectivity index (χ4v) is 3.62. The molecule has 26 heavy (non-hydrogen) atoms. The Balaban J connectivity index is 1.74. The van der Waals surface area contributed by atoms with Gasteiger partial charge in [-0.15, -0.1) is 0 Å². The van der Waals surface area contributed by atoms with Crippen LogP contribution in [0.15, 0.2) is 42.7 Å². The smallest absolute Gasteiger partial charge is 0.308 e. The van der Waals surface area contributed by atoms with E-state index in [1.165, 1.54) is 0 Å². The van der Waals surface area contributed by atoms with Crippen LogP contribution in [0.3, 0.4) is 0 Å². The Hall–Kier alpha value is -2.89. The summed E-state index contributed by atoms with van der Waals surface area (Å²) in [5.74, 6) is -1.90. The maximum atomic E-state index is 12.6. The molecule has 0 bridgehead atoms. The summed E-state index contributed by atoms with van der Waals surface area (Å²) in [6.07, 6.45) is 6.26. The number of aromatic nitrogens is 1. The average molecular weight is 354 g/mol. The predicted octanol–water partition coefficient (Wildman–Crippen LogP) is 3.01. The molecule has 2 unspecified atom stereocenters. The molecule has 1 heterocycles. The van der Waals surface area contributed by atoms with Crippen molar-refractivity contribution in [2.45, 2.75) is 38.1 Å². The minimum absolute atomic E-state index is 0.122. The van der Waals surface area contributed by atoms with Gasteiger partial charge >= 0.3 is 5.97 Å². The number of aromatic amines is 1. The lowest BCUT2D eigenvalue weighted by Crippen LogP contribution is -2.55. The molecule has 1 saturated carbocycles. The van der Waals surface area contributed by atoms with E-state index in [9.17, 15) is 19.5 Å². The molecule has 2 atom stereocenters. The first-order valence-electron chi connectivity index (χ1n) is 8.73. The molecule has 1 fully saturated rings. The molecule has 0 spiro atoms. The van der Waals surface area contributed by atoms with Crippen molar-refractivity contribution in [3.05, 3.63) is 59.4 Å². The minimum Gasteiger partial charge on any atom is -0.481 e. The lowest BCUT2D eigenvalue weighted by molar-refractivity contribution is -0.145. The molecule has 1 aliphatic carbocycles. The minimum atomic E-state index is -0.875. The zero-order valence-corrected chi connectivity index (χ0v) is 14.6. The Labute approximate surface area is 151 Å². The highest BCUT2D eigenvalue weighted by Gasteiger charge is 2.42. The molecule has 136 valence electrons. The number of carbonyl (C=O) groups is 3. The van der Waals surface area contributed by atoms with E-state index in [4.69, 9.17) is 0 Å². The van der Waals surface area contributed by atoms with E-state index in [1.807, 2.05) is 0 Å². The van der Waals surface area contributed by atoms with Crippen molar-refractivity contribution in [1.82, 2.24) is 10.3 Å². The third-order valence-electron chi connectivity index (χ3n) is 5.17.